The van der Waals surface area contributed by atoms with Crippen LogP contribution in [0.1, 0.15) is 38.2 Å². The molecule has 1 N–H and O–H groups in total. The monoisotopic (exact) mass is 555 g/mol. The summed E-state index contributed by atoms with van der Waals surface area (Å²) in [5.74, 6) is -0.181. The summed E-state index contributed by atoms with van der Waals surface area (Å²) >= 11 is 12.4. The number of carbonyl (C=O) groups is 2. The van der Waals surface area contributed by atoms with E-state index in [1.54, 1.807) is 44.4 Å². The van der Waals surface area contributed by atoms with Crippen LogP contribution in [0.4, 0.5) is 5.69 Å². The van der Waals surface area contributed by atoms with Gasteiger partial charge >= 0.3 is 0 Å². The second-order valence-electron chi connectivity index (χ2n) is 8.88. The molecule has 196 valence electrons. The van der Waals surface area contributed by atoms with Gasteiger partial charge in [-0.15, -0.1) is 0 Å². The maximum Gasteiger partial charge on any atom is 0.244 e. The number of hydrogen-bond donors (Lipinski definition) is 1. The van der Waals surface area contributed by atoms with Crippen molar-refractivity contribution in [2.75, 3.05) is 24.2 Å². The molecule has 0 radical (unpaired) electrons. The number of sulfonamides is 1. The molecule has 0 aliphatic heterocycles. The van der Waals surface area contributed by atoms with Gasteiger partial charge in [-0.2, -0.15) is 0 Å². The standard InChI is InChI=1S/C25H31Cl2N3O5S/c1-17(25(32)28-19-7-4-5-8-19)29(15-18-11-13-20(35-2)14-12-18)23(31)16-30(36(3,33)34)22-10-6-9-21(26)24(22)27/h6,9-14,17,19H,4-5,7-8,15-16H2,1-3H3,(H,28,32). The van der Waals surface area contributed by atoms with Gasteiger partial charge in [-0.25, -0.2) is 8.42 Å². The van der Waals surface area contributed by atoms with Crippen LogP contribution >= 0.6 is 23.2 Å². The highest BCUT2D eigenvalue weighted by Crippen LogP contribution is 2.33. The Hall–Kier alpha value is -2.49. The molecule has 1 atom stereocenters. The van der Waals surface area contributed by atoms with Crippen LogP contribution in [0.3, 0.4) is 0 Å². The molecular weight excluding hydrogens is 525 g/mol. The highest BCUT2D eigenvalue weighted by atomic mass is 35.5. The van der Waals surface area contributed by atoms with E-state index in [0.29, 0.717) is 5.75 Å². The van der Waals surface area contributed by atoms with Crippen molar-refractivity contribution in [3.05, 3.63) is 58.1 Å². The normalized spacial score (nSPS) is 14.8. The molecule has 36 heavy (non-hydrogen) atoms. The zero-order valence-electron chi connectivity index (χ0n) is 20.5. The Morgan fingerprint density at radius 2 is 1.75 bits per heavy atom. The Labute approximate surface area is 222 Å². The maximum atomic E-state index is 13.6. The third kappa shape index (κ3) is 7.05. The first-order valence-corrected chi connectivity index (χ1v) is 14.3. The van der Waals surface area contributed by atoms with Gasteiger partial charge in [-0.3, -0.25) is 13.9 Å². The SMILES string of the molecule is COc1ccc(CN(C(=O)CN(c2cccc(Cl)c2Cl)S(C)(=O)=O)C(C)C(=O)NC2CCCC2)cc1. The summed E-state index contributed by atoms with van der Waals surface area (Å²) in [6.07, 6.45) is 4.90. The lowest BCUT2D eigenvalue weighted by molar-refractivity contribution is -0.139. The van der Waals surface area contributed by atoms with Crippen molar-refractivity contribution < 1.29 is 22.7 Å². The van der Waals surface area contributed by atoms with E-state index in [-0.39, 0.29) is 34.2 Å². The molecule has 0 heterocycles. The summed E-state index contributed by atoms with van der Waals surface area (Å²) in [7, 11) is -2.35. The number of rotatable bonds is 10. The fourth-order valence-electron chi connectivity index (χ4n) is 4.18. The maximum absolute atomic E-state index is 13.6. The number of benzene rings is 2. The van der Waals surface area contributed by atoms with Crippen LogP contribution in [-0.2, 0) is 26.2 Å². The number of nitrogens with zero attached hydrogens (tertiary/aromatic N) is 2. The van der Waals surface area contributed by atoms with Crippen molar-refractivity contribution in [1.82, 2.24) is 10.2 Å². The van der Waals surface area contributed by atoms with E-state index >= 15 is 0 Å². The van der Waals surface area contributed by atoms with E-state index in [0.717, 1.165) is 41.8 Å². The van der Waals surface area contributed by atoms with Gasteiger partial charge in [0.05, 0.1) is 29.1 Å². The molecule has 2 aromatic rings. The van der Waals surface area contributed by atoms with E-state index in [4.69, 9.17) is 27.9 Å². The van der Waals surface area contributed by atoms with Gasteiger partial charge in [-0.05, 0) is 49.6 Å². The highest BCUT2D eigenvalue weighted by Gasteiger charge is 2.32. The summed E-state index contributed by atoms with van der Waals surface area (Å²) in [5.41, 5.74) is 0.851. The van der Waals surface area contributed by atoms with Crippen LogP contribution in [0, 0.1) is 0 Å². The van der Waals surface area contributed by atoms with Crippen LogP contribution in [0.25, 0.3) is 0 Å². The number of halogens is 2. The molecule has 1 aliphatic carbocycles. The quantitative estimate of drug-likeness (QED) is 0.472. The molecule has 0 aromatic heterocycles. The lowest BCUT2D eigenvalue weighted by atomic mass is 10.1. The molecule has 1 saturated carbocycles. The Morgan fingerprint density at radius 3 is 2.33 bits per heavy atom. The van der Waals surface area contributed by atoms with E-state index in [1.807, 2.05) is 0 Å². The molecule has 0 bridgehead atoms. The Bertz CT molecular complexity index is 1180. The van der Waals surface area contributed by atoms with Crippen molar-refractivity contribution in [3.63, 3.8) is 0 Å². The average Bonchev–Trinajstić information content (AvgIpc) is 3.35. The molecule has 2 amide bonds. The van der Waals surface area contributed by atoms with Gasteiger partial charge in [0, 0.05) is 12.6 Å². The fourth-order valence-corrected chi connectivity index (χ4v) is 5.48. The van der Waals surface area contributed by atoms with E-state index in [1.165, 1.54) is 17.0 Å². The first-order chi connectivity index (χ1) is 17.0. The van der Waals surface area contributed by atoms with Crippen LogP contribution < -0.4 is 14.4 Å². The zero-order valence-corrected chi connectivity index (χ0v) is 22.9. The van der Waals surface area contributed by atoms with Crippen LogP contribution in [0.15, 0.2) is 42.5 Å². The molecule has 0 spiro atoms. The molecule has 2 aromatic carbocycles. The number of anilines is 1. The molecule has 1 unspecified atom stereocenters. The van der Waals surface area contributed by atoms with E-state index in [2.05, 4.69) is 5.32 Å². The van der Waals surface area contributed by atoms with Gasteiger partial charge in [0.15, 0.2) is 0 Å². The van der Waals surface area contributed by atoms with Crippen molar-refractivity contribution in [2.45, 2.75) is 51.2 Å². The zero-order chi connectivity index (χ0) is 26.5. The van der Waals surface area contributed by atoms with Crippen molar-refractivity contribution in [2.24, 2.45) is 0 Å². The van der Waals surface area contributed by atoms with Crippen LogP contribution in [0.5, 0.6) is 5.75 Å². The lowest BCUT2D eigenvalue weighted by Crippen LogP contribution is -2.52. The number of amides is 2. The number of carbonyl (C=O) groups excluding carboxylic acids is 2. The Kier molecular flexibility index (Phi) is 9.49. The molecule has 1 aliphatic rings. The third-order valence-electron chi connectivity index (χ3n) is 6.26. The minimum atomic E-state index is -3.91. The third-order valence-corrected chi connectivity index (χ3v) is 8.20. The largest absolute Gasteiger partial charge is 0.497 e. The first-order valence-electron chi connectivity index (χ1n) is 11.7. The highest BCUT2D eigenvalue weighted by molar-refractivity contribution is 7.92. The van der Waals surface area contributed by atoms with Gasteiger partial charge in [-0.1, -0.05) is 54.2 Å². The van der Waals surface area contributed by atoms with E-state index < -0.39 is 28.5 Å². The van der Waals surface area contributed by atoms with Crippen LogP contribution in [0.2, 0.25) is 10.0 Å². The Morgan fingerprint density at radius 1 is 1.11 bits per heavy atom. The minimum Gasteiger partial charge on any atom is -0.497 e. The predicted octanol–water partition coefficient (Wildman–Crippen LogP) is 4.24. The van der Waals surface area contributed by atoms with Crippen LogP contribution in [-0.4, -0.2) is 57.1 Å². The van der Waals surface area contributed by atoms with Gasteiger partial charge in [0.25, 0.3) is 0 Å². The molecular formula is C25H31Cl2N3O5S. The molecule has 8 nitrogen and oxygen atoms in total. The molecule has 11 heteroatoms. The predicted molar refractivity (Wildman–Crippen MR) is 142 cm³/mol. The van der Waals surface area contributed by atoms with Gasteiger partial charge in [0.2, 0.25) is 21.8 Å². The molecule has 0 saturated heterocycles. The summed E-state index contributed by atoms with van der Waals surface area (Å²) in [6, 6.07) is 10.9. The first kappa shape index (κ1) is 28.1. The van der Waals surface area contributed by atoms with Crippen molar-refractivity contribution in [1.29, 1.82) is 0 Å². The van der Waals surface area contributed by atoms with Crippen molar-refractivity contribution >= 4 is 50.7 Å². The minimum absolute atomic E-state index is 0.0196. The average molecular weight is 557 g/mol. The lowest BCUT2D eigenvalue weighted by Gasteiger charge is -2.32. The Balaban J connectivity index is 1.90. The van der Waals surface area contributed by atoms with Crippen molar-refractivity contribution in [3.8, 4) is 5.75 Å². The fraction of sp³-hybridized carbons (Fsp3) is 0.440. The number of nitrogens with one attached hydrogen (secondary N) is 1. The summed E-state index contributed by atoms with van der Waals surface area (Å²) in [6.45, 7) is 1.20. The van der Waals surface area contributed by atoms with E-state index in [9.17, 15) is 18.0 Å². The summed E-state index contributed by atoms with van der Waals surface area (Å²) in [4.78, 5) is 28.1. The summed E-state index contributed by atoms with van der Waals surface area (Å²) < 4.78 is 31.5. The smallest absolute Gasteiger partial charge is 0.244 e. The summed E-state index contributed by atoms with van der Waals surface area (Å²) in [5, 5.41) is 3.21. The number of hydrogen-bond acceptors (Lipinski definition) is 5. The molecule has 1 fully saturated rings. The second kappa shape index (κ2) is 12.2. The topological polar surface area (TPSA) is 96.0 Å². The molecule has 3 rings (SSSR count). The number of ether oxygens (including phenoxy) is 1. The van der Waals surface area contributed by atoms with Gasteiger partial charge < -0.3 is 15.0 Å². The number of methoxy groups -OCH3 is 1. The second-order valence-corrected chi connectivity index (χ2v) is 11.6. The van der Waals surface area contributed by atoms with Gasteiger partial charge in [0.1, 0.15) is 18.3 Å².